The summed E-state index contributed by atoms with van der Waals surface area (Å²) in [6.45, 7) is 2.36. The molecule has 0 aromatic heterocycles. The summed E-state index contributed by atoms with van der Waals surface area (Å²) in [6, 6.07) is 7.85. The van der Waals surface area contributed by atoms with E-state index >= 15 is 0 Å². The molecule has 0 aliphatic heterocycles. The highest BCUT2D eigenvalue weighted by Crippen LogP contribution is 2.27. The highest BCUT2D eigenvalue weighted by molar-refractivity contribution is 6.05. The Kier molecular flexibility index (Phi) is 6.66. The SMILES string of the molecule is CCCOc1ccc(CCC(=O)O)cc1NC(=O)c1ccc(F)c(F)c1. The van der Waals surface area contributed by atoms with Gasteiger partial charge in [-0.15, -0.1) is 0 Å². The Balaban J connectivity index is 2.24. The first-order valence-corrected chi connectivity index (χ1v) is 8.14. The molecule has 0 aliphatic rings. The second-order valence-corrected chi connectivity index (χ2v) is 5.66. The molecule has 5 nitrogen and oxygen atoms in total. The first kappa shape index (κ1) is 19.4. The van der Waals surface area contributed by atoms with Crippen molar-refractivity contribution in [1.29, 1.82) is 0 Å². The minimum atomic E-state index is -1.12. The smallest absolute Gasteiger partial charge is 0.303 e. The zero-order valence-electron chi connectivity index (χ0n) is 14.2. The number of rotatable bonds is 8. The quantitative estimate of drug-likeness (QED) is 0.743. The van der Waals surface area contributed by atoms with Gasteiger partial charge in [-0.2, -0.15) is 0 Å². The fraction of sp³-hybridized carbons (Fsp3) is 0.263. The monoisotopic (exact) mass is 363 g/mol. The van der Waals surface area contributed by atoms with Crippen LogP contribution in [0.5, 0.6) is 5.75 Å². The zero-order chi connectivity index (χ0) is 19.1. The molecule has 1 amide bonds. The van der Waals surface area contributed by atoms with Gasteiger partial charge in [0.1, 0.15) is 5.75 Å². The number of aliphatic carboxylic acids is 1. The number of hydrogen-bond acceptors (Lipinski definition) is 3. The molecule has 0 radical (unpaired) electrons. The molecule has 0 fully saturated rings. The molecular formula is C19H19F2NO4. The summed E-state index contributed by atoms with van der Waals surface area (Å²) >= 11 is 0. The van der Waals surface area contributed by atoms with Crippen molar-refractivity contribution in [3.63, 3.8) is 0 Å². The van der Waals surface area contributed by atoms with Gasteiger partial charge in [0.05, 0.1) is 12.3 Å². The molecule has 7 heteroatoms. The number of carbonyl (C=O) groups excluding carboxylic acids is 1. The molecular weight excluding hydrogens is 344 g/mol. The number of benzene rings is 2. The van der Waals surface area contributed by atoms with Crippen LogP contribution in [0.1, 0.15) is 35.7 Å². The van der Waals surface area contributed by atoms with E-state index in [2.05, 4.69) is 5.32 Å². The summed E-state index contributed by atoms with van der Waals surface area (Å²) in [5.41, 5.74) is 1.01. The van der Waals surface area contributed by atoms with Crippen molar-refractivity contribution < 1.29 is 28.2 Å². The summed E-state index contributed by atoms with van der Waals surface area (Å²) in [7, 11) is 0. The lowest BCUT2D eigenvalue weighted by Gasteiger charge is -2.14. The summed E-state index contributed by atoms with van der Waals surface area (Å²) in [4.78, 5) is 23.1. The molecule has 26 heavy (non-hydrogen) atoms. The van der Waals surface area contributed by atoms with Gasteiger partial charge in [-0.25, -0.2) is 8.78 Å². The van der Waals surface area contributed by atoms with E-state index in [-0.39, 0.29) is 18.4 Å². The predicted molar refractivity (Wildman–Crippen MR) is 92.5 cm³/mol. The Morgan fingerprint density at radius 3 is 2.54 bits per heavy atom. The molecule has 0 unspecified atom stereocenters. The van der Waals surface area contributed by atoms with Crippen LogP contribution < -0.4 is 10.1 Å². The average Bonchev–Trinajstić information content (AvgIpc) is 2.61. The highest BCUT2D eigenvalue weighted by Gasteiger charge is 2.14. The van der Waals surface area contributed by atoms with Crippen LogP contribution >= 0.6 is 0 Å². The van der Waals surface area contributed by atoms with E-state index in [4.69, 9.17) is 9.84 Å². The van der Waals surface area contributed by atoms with Gasteiger partial charge in [-0.1, -0.05) is 13.0 Å². The summed E-state index contributed by atoms with van der Waals surface area (Å²) in [6.07, 6.45) is 1.00. The summed E-state index contributed by atoms with van der Waals surface area (Å²) < 4.78 is 31.9. The molecule has 0 heterocycles. The number of halogens is 2. The van der Waals surface area contributed by atoms with Crippen LogP contribution in [0.25, 0.3) is 0 Å². The third kappa shape index (κ3) is 5.27. The zero-order valence-corrected chi connectivity index (χ0v) is 14.2. The van der Waals surface area contributed by atoms with Gasteiger partial charge in [-0.05, 0) is 48.7 Å². The van der Waals surface area contributed by atoms with E-state index in [0.29, 0.717) is 23.6 Å². The van der Waals surface area contributed by atoms with Crippen molar-refractivity contribution in [3.05, 3.63) is 59.2 Å². The molecule has 0 aliphatic carbocycles. The van der Waals surface area contributed by atoms with E-state index in [1.165, 1.54) is 6.07 Å². The number of aryl methyl sites for hydroxylation is 1. The van der Waals surface area contributed by atoms with Gasteiger partial charge < -0.3 is 15.2 Å². The number of amides is 1. The fourth-order valence-corrected chi connectivity index (χ4v) is 2.25. The van der Waals surface area contributed by atoms with Crippen LogP contribution in [0, 0.1) is 11.6 Å². The Bertz CT molecular complexity index is 808. The molecule has 2 aromatic rings. The number of anilines is 1. The number of carboxylic acid groups (broad SMARTS) is 1. The average molecular weight is 363 g/mol. The third-order valence-electron chi connectivity index (χ3n) is 3.56. The molecule has 0 atom stereocenters. The number of hydrogen-bond donors (Lipinski definition) is 2. The normalized spacial score (nSPS) is 10.4. The van der Waals surface area contributed by atoms with Gasteiger partial charge >= 0.3 is 5.97 Å². The largest absolute Gasteiger partial charge is 0.491 e. The minimum Gasteiger partial charge on any atom is -0.491 e. The first-order valence-electron chi connectivity index (χ1n) is 8.14. The molecule has 2 N–H and O–H groups in total. The van der Waals surface area contributed by atoms with Crippen LogP contribution in [0.4, 0.5) is 14.5 Å². The fourth-order valence-electron chi connectivity index (χ4n) is 2.25. The minimum absolute atomic E-state index is 0.0405. The van der Waals surface area contributed by atoms with Crippen LogP contribution in [0.3, 0.4) is 0 Å². The lowest BCUT2D eigenvalue weighted by atomic mass is 10.1. The van der Waals surface area contributed by atoms with Gasteiger partial charge in [0.2, 0.25) is 0 Å². The van der Waals surface area contributed by atoms with E-state index in [1.807, 2.05) is 6.92 Å². The molecule has 2 aromatic carbocycles. The molecule has 0 bridgehead atoms. The first-order chi connectivity index (χ1) is 12.4. The molecule has 138 valence electrons. The number of carboxylic acids is 1. The van der Waals surface area contributed by atoms with Gasteiger partial charge in [0, 0.05) is 12.0 Å². The van der Waals surface area contributed by atoms with Crippen molar-refractivity contribution >= 4 is 17.6 Å². The molecule has 0 spiro atoms. The Labute approximate surface area is 149 Å². The van der Waals surface area contributed by atoms with E-state index in [0.717, 1.165) is 18.6 Å². The van der Waals surface area contributed by atoms with Gasteiger partial charge in [0.25, 0.3) is 5.91 Å². The molecule has 0 saturated carbocycles. The predicted octanol–water partition coefficient (Wildman–Crippen LogP) is 4.02. The van der Waals surface area contributed by atoms with Crippen molar-refractivity contribution in [1.82, 2.24) is 0 Å². The second-order valence-electron chi connectivity index (χ2n) is 5.66. The van der Waals surface area contributed by atoms with Crippen molar-refractivity contribution in [2.75, 3.05) is 11.9 Å². The third-order valence-corrected chi connectivity index (χ3v) is 3.56. The van der Waals surface area contributed by atoms with E-state index < -0.39 is 23.5 Å². The maximum atomic E-state index is 13.3. The Hall–Kier alpha value is -2.96. The van der Waals surface area contributed by atoms with Crippen LogP contribution in [-0.4, -0.2) is 23.6 Å². The van der Waals surface area contributed by atoms with Crippen LogP contribution in [-0.2, 0) is 11.2 Å². The number of nitrogens with one attached hydrogen (secondary N) is 1. The summed E-state index contributed by atoms with van der Waals surface area (Å²) in [5, 5.41) is 11.4. The topological polar surface area (TPSA) is 75.6 Å². The van der Waals surface area contributed by atoms with Gasteiger partial charge in [-0.3, -0.25) is 9.59 Å². The maximum absolute atomic E-state index is 13.3. The lowest BCUT2D eigenvalue weighted by Crippen LogP contribution is -2.14. The van der Waals surface area contributed by atoms with Crippen molar-refractivity contribution in [2.45, 2.75) is 26.2 Å². The van der Waals surface area contributed by atoms with Gasteiger partial charge in [0.15, 0.2) is 11.6 Å². The molecule has 2 rings (SSSR count). The second kappa shape index (κ2) is 8.94. The summed E-state index contributed by atoms with van der Waals surface area (Å²) in [5.74, 6) is -3.29. The standard InChI is InChI=1S/C19H19F2NO4/c1-2-9-26-17-7-3-12(4-8-18(23)24)10-16(17)22-19(25)13-5-6-14(20)15(21)11-13/h3,5-7,10-11H,2,4,8-9H2,1H3,(H,22,25)(H,23,24). The van der Waals surface area contributed by atoms with Crippen LogP contribution in [0.2, 0.25) is 0 Å². The van der Waals surface area contributed by atoms with E-state index in [1.54, 1.807) is 18.2 Å². The number of carbonyl (C=O) groups is 2. The van der Waals surface area contributed by atoms with Crippen LogP contribution in [0.15, 0.2) is 36.4 Å². The van der Waals surface area contributed by atoms with E-state index in [9.17, 15) is 18.4 Å². The number of ether oxygens (including phenoxy) is 1. The maximum Gasteiger partial charge on any atom is 0.303 e. The molecule has 0 saturated heterocycles. The Morgan fingerprint density at radius 2 is 1.88 bits per heavy atom. The lowest BCUT2D eigenvalue weighted by molar-refractivity contribution is -0.136. The highest BCUT2D eigenvalue weighted by atomic mass is 19.2. The van der Waals surface area contributed by atoms with Crippen molar-refractivity contribution in [3.8, 4) is 5.75 Å². The van der Waals surface area contributed by atoms with Crippen molar-refractivity contribution in [2.24, 2.45) is 0 Å². The Morgan fingerprint density at radius 1 is 1.12 bits per heavy atom.